The molecule has 0 aromatic heterocycles. The van der Waals surface area contributed by atoms with Gasteiger partial charge in [-0.2, -0.15) is 0 Å². The Morgan fingerprint density at radius 3 is 2.25 bits per heavy atom. The van der Waals surface area contributed by atoms with Crippen molar-refractivity contribution >= 4 is 23.2 Å². The highest BCUT2D eigenvalue weighted by molar-refractivity contribution is 6.56. The number of rotatable bonds is 2. The van der Waals surface area contributed by atoms with Crippen LogP contribution in [0, 0.1) is 0 Å². The lowest BCUT2D eigenvalue weighted by atomic mass is 10.2. The van der Waals surface area contributed by atoms with Crippen LogP contribution in [0.2, 0.25) is 0 Å². The van der Waals surface area contributed by atoms with Crippen LogP contribution in [0.25, 0.3) is 0 Å². The molecule has 0 aromatic rings. The first kappa shape index (κ1) is 8.06. The van der Waals surface area contributed by atoms with Crippen molar-refractivity contribution in [2.45, 2.75) is 13.3 Å². The third-order valence-corrected chi connectivity index (χ3v) is 1.42. The van der Waals surface area contributed by atoms with Gasteiger partial charge in [-0.05, 0) is 18.9 Å². The summed E-state index contributed by atoms with van der Waals surface area (Å²) >= 11 is 10.8. The van der Waals surface area contributed by atoms with Gasteiger partial charge in [0.25, 0.3) is 0 Å². The van der Waals surface area contributed by atoms with Crippen molar-refractivity contribution in [3.8, 4) is 0 Å². The highest BCUT2D eigenvalue weighted by Gasteiger charge is 1.89. The minimum Gasteiger partial charge on any atom is -0.103 e. The maximum absolute atomic E-state index is 5.40. The monoisotopic (exact) mass is 150 g/mol. The van der Waals surface area contributed by atoms with Crippen molar-refractivity contribution in [2.24, 2.45) is 0 Å². The van der Waals surface area contributed by atoms with Crippen molar-refractivity contribution in [3.05, 3.63) is 22.7 Å². The fourth-order valence-electron chi connectivity index (χ4n) is 0.294. The van der Waals surface area contributed by atoms with Crippen LogP contribution in [0.5, 0.6) is 0 Å². The van der Waals surface area contributed by atoms with Crippen LogP contribution in [0.1, 0.15) is 13.3 Å². The minimum absolute atomic E-state index is 0.352. The average Bonchev–Trinajstić information content (AvgIpc) is 1.67. The zero-order valence-electron chi connectivity index (χ0n) is 4.75. The molecule has 0 saturated heterocycles. The van der Waals surface area contributed by atoms with Crippen LogP contribution in [-0.4, -0.2) is 0 Å². The van der Waals surface area contributed by atoms with E-state index in [-0.39, 0.29) is 0 Å². The van der Waals surface area contributed by atoms with Gasteiger partial charge < -0.3 is 0 Å². The molecule has 0 N–H and O–H groups in total. The zero-order valence-corrected chi connectivity index (χ0v) is 6.26. The topological polar surface area (TPSA) is 0 Å². The second-order valence-electron chi connectivity index (χ2n) is 1.53. The molecule has 0 aliphatic carbocycles. The van der Waals surface area contributed by atoms with Gasteiger partial charge in [0.2, 0.25) is 0 Å². The van der Waals surface area contributed by atoms with Crippen LogP contribution in [0.15, 0.2) is 22.7 Å². The van der Waals surface area contributed by atoms with Crippen LogP contribution < -0.4 is 0 Å². The van der Waals surface area contributed by atoms with E-state index in [9.17, 15) is 0 Å². The Hall–Kier alpha value is 0.0600. The molecule has 8 heavy (non-hydrogen) atoms. The molecular weight excluding hydrogens is 143 g/mol. The standard InChI is InChI=1S/C6H8Cl2/c1-3-4-5(2)6(7)8/h3H,1,4H2,2H3. The molecular formula is C6H8Cl2. The molecule has 0 rings (SSSR count). The van der Waals surface area contributed by atoms with Gasteiger partial charge in [0.15, 0.2) is 0 Å². The summed E-state index contributed by atoms with van der Waals surface area (Å²) in [5, 5.41) is 0. The summed E-state index contributed by atoms with van der Waals surface area (Å²) in [7, 11) is 0. The second-order valence-corrected chi connectivity index (χ2v) is 2.48. The van der Waals surface area contributed by atoms with Crippen molar-refractivity contribution < 1.29 is 0 Å². The summed E-state index contributed by atoms with van der Waals surface area (Å²) in [6, 6.07) is 0. The lowest BCUT2D eigenvalue weighted by molar-refractivity contribution is 1.22. The van der Waals surface area contributed by atoms with Crippen molar-refractivity contribution in [2.75, 3.05) is 0 Å². The first-order chi connectivity index (χ1) is 3.68. The molecule has 46 valence electrons. The molecule has 2 heteroatoms. The Labute approximate surface area is 59.8 Å². The van der Waals surface area contributed by atoms with Crippen LogP contribution in [0.4, 0.5) is 0 Å². The van der Waals surface area contributed by atoms with E-state index in [1.54, 1.807) is 6.08 Å². The smallest absolute Gasteiger partial charge is 0.103 e. The third kappa shape index (κ3) is 3.11. The van der Waals surface area contributed by atoms with E-state index in [1.807, 2.05) is 6.92 Å². The molecule has 0 nitrogen and oxygen atoms in total. The Morgan fingerprint density at radius 1 is 1.62 bits per heavy atom. The zero-order chi connectivity index (χ0) is 6.57. The molecule has 0 aliphatic heterocycles. The summed E-state index contributed by atoms with van der Waals surface area (Å²) in [6.45, 7) is 5.40. The third-order valence-electron chi connectivity index (χ3n) is 0.773. The first-order valence-electron chi connectivity index (χ1n) is 2.30. The molecule has 0 saturated carbocycles. The molecule has 0 unspecified atom stereocenters. The van der Waals surface area contributed by atoms with E-state index in [1.165, 1.54) is 0 Å². The Morgan fingerprint density at radius 2 is 2.12 bits per heavy atom. The molecule has 0 radical (unpaired) electrons. The predicted octanol–water partition coefficient (Wildman–Crippen LogP) is 3.27. The quantitative estimate of drug-likeness (QED) is 0.531. The lowest BCUT2D eigenvalue weighted by Gasteiger charge is -1.91. The van der Waals surface area contributed by atoms with E-state index in [4.69, 9.17) is 23.2 Å². The van der Waals surface area contributed by atoms with E-state index in [0.717, 1.165) is 12.0 Å². The molecule has 0 amide bonds. The van der Waals surface area contributed by atoms with E-state index < -0.39 is 0 Å². The predicted molar refractivity (Wildman–Crippen MR) is 39.2 cm³/mol. The number of hydrogen-bond acceptors (Lipinski definition) is 0. The second kappa shape index (κ2) is 3.99. The Balaban J connectivity index is 3.79. The van der Waals surface area contributed by atoms with Gasteiger partial charge in [0, 0.05) is 0 Å². The molecule has 0 heterocycles. The molecule has 0 bridgehead atoms. The summed E-state index contributed by atoms with van der Waals surface area (Å²) in [5.74, 6) is 0. The number of halogens is 2. The molecule has 0 fully saturated rings. The first-order valence-corrected chi connectivity index (χ1v) is 3.05. The van der Waals surface area contributed by atoms with E-state index >= 15 is 0 Å². The Kier molecular flexibility index (Phi) is 4.02. The van der Waals surface area contributed by atoms with Crippen molar-refractivity contribution in [1.82, 2.24) is 0 Å². The summed E-state index contributed by atoms with van der Waals surface area (Å²) in [4.78, 5) is 0. The fraction of sp³-hybridized carbons (Fsp3) is 0.333. The maximum atomic E-state index is 5.40. The minimum atomic E-state index is 0.352. The van der Waals surface area contributed by atoms with Gasteiger partial charge in [0.1, 0.15) is 4.49 Å². The van der Waals surface area contributed by atoms with Crippen molar-refractivity contribution in [3.63, 3.8) is 0 Å². The van der Waals surface area contributed by atoms with Gasteiger partial charge in [-0.25, -0.2) is 0 Å². The molecule has 0 spiro atoms. The molecule has 0 aromatic carbocycles. The maximum Gasteiger partial charge on any atom is 0.106 e. The van der Waals surface area contributed by atoms with Crippen molar-refractivity contribution in [1.29, 1.82) is 0 Å². The van der Waals surface area contributed by atoms with E-state index in [2.05, 4.69) is 6.58 Å². The summed E-state index contributed by atoms with van der Waals surface area (Å²) in [5.41, 5.74) is 0.961. The largest absolute Gasteiger partial charge is 0.106 e. The lowest BCUT2D eigenvalue weighted by Crippen LogP contribution is -1.70. The Bertz CT molecular complexity index is 110. The molecule has 0 aliphatic rings. The highest BCUT2D eigenvalue weighted by Crippen LogP contribution is 2.15. The molecule has 0 atom stereocenters. The summed E-state index contributed by atoms with van der Waals surface area (Å²) < 4.78 is 0.352. The highest BCUT2D eigenvalue weighted by atomic mass is 35.5. The van der Waals surface area contributed by atoms with Gasteiger partial charge in [-0.3, -0.25) is 0 Å². The van der Waals surface area contributed by atoms with Gasteiger partial charge in [0.05, 0.1) is 0 Å². The van der Waals surface area contributed by atoms with Gasteiger partial charge in [-0.1, -0.05) is 29.3 Å². The average molecular weight is 151 g/mol. The van der Waals surface area contributed by atoms with E-state index in [0.29, 0.717) is 4.49 Å². The number of allylic oxidation sites excluding steroid dienone is 2. The van der Waals surface area contributed by atoms with Crippen LogP contribution in [-0.2, 0) is 0 Å². The van der Waals surface area contributed by atoms with Crippen LogP contribution >= 0.6 is 23.2 Å². The van der Waals surface area contributed by atoms with Gasteiger partial charge >= 0.3 is 0 Å². The fourth-order valence-corrected chi connectivity index (χ4v) is 0.448. The number of hydrogen-bond donors (Lipinski definition) is 0. The normalized spacial score (nSPS) is 8.38. The van der Waals surface area contributed by atoms with Gasteiger partial charge in [-0.15, -0.1) is 6.58 Å². The van der Waals surface area contributed by atoms with Crippen LogP contribution in [0.3, 0.4) is 0 Å². The summed E-state index contributed by atoms with van der Waals surface area (Å²) in [6.07, 6.45) is 2.53. The SMILES string of the molecule is C=CCC(C)=C(Cl)Cl.